The Balaban J connectivity index is 1.63. The lowest BCUT2D eigenvalue weighted by atomic mass is 9.96. The first kappa shape index (κ1) is 24.9. The molecule has 1 saturated heterocycles. The van der Waals surface area contributed by atoms with Crippen LogP contribution in [0.5, 0.6) is 0 Å². The van der Waals surface area contributed by atoms with Gasteiger partial charge < -0.3 is 14.8 Å². The van der Waals surface area contributed by atoms with Gasteiger partial charge in [-0.3, -0.25) is 9.71 Å². The molecule has 2 aromatic carbocycles. The van der Waals surface area contributed by atoms with Crippen molar-refractivity contribution < 1.29 is 12.8 Å². The first-order chi connectivity index (χ1) is 17.6. The Morgan fingerprint density at radius 3 is 2.41 bits per heavy atom. The second kappa shape index (κ2) is 9.60. The molecule has 0 aliphatic carbocycles. The number of sulfonamides is 1. The fourth-order valence-corrected chi connectivity index (χ4v) is 5.86. The zero-order valence-corrected chi connectivity index (χ0v) is 22.1. The van der Waals surface area contributed by atoms with Crippen LogP contribution in [0.1, 0.15) is 34.7 Å². The van der Waals surface area contributed by atoms with Crippen LogP contribution in [0.2, 0.25) is 0 Å². The Bertz CT molecular complexity index is 1570. The van der Waals surface area contributed by atoms with E-state index in [0.29, 0.717) is 10.8 Å². The van der Waals surface area contributed by atoms with Crippen molar-refractivity contribution in [2.75, 3.05) is 15.9 Å². The topological polar surface area (TPSA) is 79.3 Å². The molecule has 1 aliphatic heterocycles. The van der Waals surface area contributed by atoms with Crippen molar-refractivity contribution in [3.63, 3.8) is 0 Å². The number of nitrogens with zero attached hydrogens (tertiary/aromatic N) is 3. The fraction of sp³-hybridized carbons (Fsp3) is 0.185. The number of halogens is 1. The SMILES string of the molecule is Cc1cc([C@H]2[C@H](c3ccccn3)NC(=S)N2c2ccc(NS(C)(=O)=O)cc2)c(C)n1-c1cccc(F)c1. The van der Waals surface area contributed by atoms with Crippen molar-refractivity contribution in [3.8, 4) is 5.69 Å². The standard InChI is InChI=1S/C27H26FN5O2S2/c1-17-15-23(18(2)32(17)22-8-6-7-19(28)16-22)26-25(24-9-4-5-14-29-24)30-27(36)33(26)21-12-10-20(11-13-21)31-37(3,34)35/h4-16,25-26,31H,1-3H3,(H,30,36)/t25-,26-/m0/s1. The zero-order valence-electron chi connectivity index (χ0n) is 20.5. The molecule has 1 fully saturated rings. The van der Waals surface area contributed by atoms with E-state index in [1.54, 1.807) is 24.4 Å². The van der Waals surface area contributed by atoms with Gasteiger partial charge >= 0.3 is 0 Å². The molecule has 0 unspecified atom stereocenters. The van der Waals surface area contributed by atoms with Crippen LogP contribution in [0.15, 0.2) is 79.0 Å². The summed E-state index contributed by atoms with van der Waals surface area (Å²) in [6, 6.07) is 21.0. The third-order valence-corrected chi connectivity index (χ3v) is 7.32. The van der Waals surface area contributed by atoms with Gasteiger partial charge in [0.25, 0.3) is 0 Å². The summed E-state index contributed by atoms with van der Waals surface area (Å²) in [5.74, 6) is -0.300. The maximum absolute atomic E-state index is 14.1. The Hall–Kier alpha value is -3.76. The molecule has 37 heavy (non-hydrogen) atoms. The summed E-state index contributed by atoms with van der Waals surface area (Å²) in [6.07, 6.45) is 2.86. The van der Waals surface area contributed by atoms with E-state index in [2.05, 4.69) is 21.1 Å². The van der Waals surface area contributed by atoms with Crippen LogP contribution < -0.4 is 14.9 Å². The van der Waals surface area contributed by atoms with Gasteiger partial charge in [-0.25, -0.2) is 12.8 Å². The number of pyridine rings is 1. The average Bonchev–Trinajstić information content (AvgIpc) is 3.34. The van der Waals surface area contributed by atoms with Crippen molar-refractivity contribution in [2.24, 2.45) is 0 Å². The molecule has 5 rings (SSSR count). The second-order valence-corrected chi connectivity index (χ2v) is 11.2. The van der Waals surface area contributed by atoms with Crippen LogP contribution in [0.25, 0.3) is 5.69 Å². The first-order valence-corrected chi connectivity index (χ1v) is 14.0. The molecule has 190 valence electrons. The molecular weight excluding hydrogens is 509 g/mol. The third-order valence-electron chi connectivity index (χ3n) is 6.40. The second-order valence-electron chi connectivity index (χ2n) is 9.06. The normalized spacial score (nSPS) is 17.6. The molecule has 2 aromatic heterocycles. The van der Waals surface area contributed by atoms with Gasteiger partial charge in [0.2, 0.25) is 10.0 Å². The van der Waals surface area contributed by atoms with E-state index in [1.807, 2.05) is 59.7 Å². The van der Waals surface area contributed by atoms with Crippen molar-refractivity contribution in [3.05, 3.63) is 107 Å². The van der Waals surface area contributed by atoms with Crippen molar-refractivity contribution in [2.45, 2.75) is 25.9 Å². The predicted molar refractivity (Wildman–Crippen MR) is 148 cm³/mol. The van der Waals surface area contributed by atoms with Gasteiger partial charge in [-0.05, 0) is 92.3 Å². The maximum Gasteiger partial charge on any atom is 0.229 e. The van der Waals surface area contributed by atoms with Gasteiger partial charge in [-0.1, -0.05) is 12.1 Å². The summed E-state index contributed by atoms with van der Waals surface area (Å²) in [5, 5.41) is 3.97. The van der Waals surface area contributed by atoms with E-state index >= 15 is 0 Å². The summed E-state index contributed by atoms with van der Waals surface area (Å²) in [4.78, 5) is 6.62. The highest BCUT2D eigenvalue weighted by Gasteiger charge is 2.42. The highest BCUT2D eigenvalue weighted by atomic mass is 32.2. The smallest absolute Gasteiger partial charge is 0.229 e. The van der Waals surface area contributed by atoms with E-state index in [0.717, 1.165) is 40.3 Å². The fourth-order valence-electron chi connectivity index (χ4n) is 4.95. The molecule has 0 bridgehead atoms. The van der Waals surface area contributed by atoms with Gasteiger partial charge in [0.1, 0.15) is 5.82 Å². The zero-order chi connectivity index (χ0) is 26.3. The number of anilines is 2. The van der Waals surface area contributed by atoms with E-state index in [4.69, 9.17) is 12.2 Å². The molecular formula is C27H26FN5O2S2. The van der Waals surface area contributed by atoms with Crippen LogP contribution in [0.4, 0.5) is 15.8 Å². The Morgan fingerprint density at radius 1 is 1.00 bits per heavy atom. The van der Waals surface area contributed by atoms with E-state index < -0.39 is 10.0 Å². The predicted octanol–water partition coefficient (Wildman–Crippen LogP) is 5.18. The Labute approximate surface area is 221 Å². The van der Waals surface area contributed by atoms with E-state index in [1.165, 1.54) is 12.1 Å². The lowest BCUT2D eigenvalue weighted by molar-refractivity contribution is 0.565. The number of hydrogen-bond donors (Lipinski definition) is 2. The Kier molecular flexibility index (Phi) is 6.47. The largest absolute Gasteiger partial charge is 0.351 e. The van der Waals surface area contributed by atoms with Crippen LogP contribution in [-0.2, 0) is 10.0 Å². The molecule has 0 saturated carbocycles. The summed E-state index contributed by atoms with van der Waals surface area (Å²) in [5.41, 5.74) is 5.78. The number of aromatic nitrogens is 2. The quantitative estimate of drug-likeness (QED) is 0.332. The molecule has 2 N–H and O–H groups in total. The minimum atomic E-state index is -3.39. The van der Waals surface area contributed by atoms with Gasteiger partial charge in [-0.15, -0.1) is 0 Å². The van der Waals surface area contributed by atoms with Crippen molar-refractivity contribution in [1.82, 2.24) is 14.9 Å². The van der Waals surface area contributed by atoms with Gasteiger partial charge in [0, 0.05) is 34.6 Å². The minimum absolute atomic E-state index is 0.246. The monoisotopic (exact) mass is 535 g/mol. The number of hydrogen-bond acceptors (Lipinski definition) is 4. The van der Waals surface area contributed by atoms with Crippen molar-refractivity contribution in [1.29, 1.82) is 0 Å². The average molecular weight is 536 g/mol. The molecule has 0 spiro atoms. The molecule has 2 atom stereocenters. The lowest BCUT2D eigenvalue weighted by Crippen LogP contribution is -2.29. The number of thiocarbonyl (C=S) groups is 1. The number of nitrogens with one attached hydrogen (secondary N) is 2. The number of aryl methyl sites for hydroxylation is 1. The third kappa shape index (κ3) is 4.94. The van der Waals surface area contributed by atoms with Crippen molar-refractivity contribution >= 4 is 38.7 Å². The summed E-state index contributed by atoms with van der Waals surface area (Å²) in [7, 11) is -3.39. The van der Waals surface area contributed by atoms with Crippen LogP contribution >= 0.6 is 12.2 Å². The van der Waals surface area contributed by atoms with Crippen LogP contribution in [-0.4, -0.2) is 29.3 Å². The van der Waals surface area contributed by atoms with E-state index in [9.17, 15) is 12.8 Å². The number of benzene rings is 2. The van der Waals surface area contributed by atoms with Crippen LogP contribution in [0, 0.1) is 19.7 Å². The van der Waals surface area contributed by atoms with Crippen LogP contribution in [0.3, 0.4) is 0 Å². The first-order valence-electron chi connectivity index (χ1n) is 11.7. The molecule has 10 heteroatoms. The molecule has 0 amide bonds. The summed E-state index contributed by atoms with van der Waals surface area (Å²) in [6.45, 7) is 4.01. The van der Waals surface area contributed by atoms with Gasteiger partial charge in [0.05, 0.1) is 24.0 Å². The Morgan fingerprint density at radius 2 is 1.76 bits per heavy atom. The van der Waals surface area contributed by atoms with Gasteiger partial charge in [-0.2, -0.15) is 0 Å². The highest BCUT2D eigenvalue weighted by molar-refractivity contribution is 7.92. The molecule has 1 aliphatic rings. The van der Waals surface area contributed by atoms with Gasteiger partial charge in [0.15, 0.2) is 5.11 Å². The molecule has 0 radical (unpaired) electrons. The maximum atomic E-state index is 14.1. The highest BCUT2D eigenvalue weighted by Crippen LogP contribution is 2.44. The molecule has 3 heterocycles. The molecule has 4 aromatic rings. The summed E-state index contributed by atoms with van der Waals surface area (Å²) < 4.78 is 41.9. The lowest BCUT2D eigenvalue weighted by Gasteiger charge is -2.28. The summed E-state index contributed by atoms with van der Waals surface area (Å²) >= 11 is 5.81. The van der Waals surface area contributed by atoms with E-state index in [-0.39, 0.29) is 17.9 Å². The minimum Gasteiger partial charge on any atom is -0.351 e. The molecule has 7 nitrogen and oxygen atoms in total. The number of rotatable bonds is 6.